The van der Waals surface area contributed by atoms with E-state index in [1.165, 1.54) is 25.1 Å². The molecule has 1 rings (SSSR count). The number of aliphatic hydroxyl groups is 2. The minimum atomic E-state index is -0.813. The highest BCUT2D eigenvalue weighted by Crippen LogP contribution is 2.27. The molecule has 2 N–H and O–H groups in total. The van der Waals surface area contributed by atoms with E-state index in [1.54, 1.807) is 13.8 Å². The van der Waals surface area contributed by atoms with Crippen LogP contribution in [0.5, 0.6) is 5.75 Å². The van der Waals surface area contributed by atoms with E-state index in [4.69, 9.17) is 4.74 Å². The molecule has 0 saturated carbocycles. The number of rotatable bonds is 4. The third-order valence-electron chi connectivity index (χ3n) is 2.41. The molecule has 2 unspecified atom stereocenters. The minimum absolute atomic E-state index is 0.382. The lowest BCUT2D eigenvalue weighted by atomic mass is 10.1. The summed E-state index contributed by atoms with van der Waals surface area (Å²) < 4.78 is 18.4. The molecule has 0 fully saturated rings. The minimum Gasteiger partial charge on any atom is -0.488 e. The maximum Gasteiger partial charge on any atom is 0.125 e. The Kier molecular flexibility index (Phi) is 4.26. The van der Waals surface area contributed by atoms with Gasteiger partial charge in [0.2, 0.25) is 0 Å². The largest absolute Gasteiger partial charge is 0.488 e. The van der Waals surface area contributed by atoms with E-state index in [0.29, 0.717) is 11.3 Å². The van der Waals surface area contributed by atoms with Gasteiger partial charge in [-0.2, -0.15) is 0 Å². The predicted molar refractivity (Wildman–Crippen MR) is 58.8 cm³/mol. The Morgan fingerprint density at radius 1 is 1.19 bits per heavy atom. The quantitative estimate of drug-likeness (QED) is 0.829. The van der Waals surface area contributed by atoms with Crippen LogP contribution in [0.2, 0.25) is 0 Å². The molecular weight excluding hydrogens is 211 g/mol. The summed E-state index contributed by atoms with van der Waals surface area (Å²) in [5.41, 5.74) is 0.382. The fourth-order valence-corrected chi connectivity index (χ4v) is 1.25. The molecule has 3 atom stereocenters. The highest BCUT2D eigenvalue weighted by atomic mass is 19.1. The predicted octanol–water partition coefficient (Wildman–Crippen LogP) is 2.03. The van der Waals surface area contributed by atoms with Crippen molar-refractivity contribution < 1.29 is 19.3 Å². The van der Waals surface area contributed by atoms with Gasteiger partial charge in [-0.25, -0.2) is 4.39 Å². The summed E-state index contributed by atoms with van der Waals surface area (Å²) in [6.07, 6.45) is -1.86. The molecule has 0 aliphatic carbocycles. The summed E-state index contributed by atoms with van der Waals surface area (Å²) in [5.74, 6) is -0.0299. The zero-order chi connectivity index (χ0) is 12.3. The molecule has 16 heavy (non-hydrogen) atoms. The fourth-order valence-electron chi connectivity index (χ4n) is 1.25. The van der Waals surface area contributed by atoms with E-state index >= 15 is 0 Å². The normalized spacial score (nSPS) is 16.6. The topological polar surface area (TPSA) is 49.7 Å². The average Bonchev–Trinajstić information content (AvgIpc) is 2.20. The molecule has 0 spiro atoms. The Morgan fingerprint density at radius 3 is 2.31 bits per heavy atom. The summed E-state index contributed by atoms with van der Waals surface area (Å²) in [7, 11) is 0. The van der Waals surface area contributed by atoms with E-state index in [0.717, 1.165) is 0 Å². The van der Waals surface area contributed by atoms with Crippen molar-refractivity contribution in [1.82, 2.24) is 0 Å². The maximum absolute atomic E-state index is 13.0. The van der Waals surface area contributed by atoms with E-state index in [2.05, 4.69) is 0 Å². The monoisotopic (exact) mass is 228 g/mol. The van der Waals surface area contributed by atoms with Crippen LogP contribution in [-0.2, 0) is 0 Å². The van der Waals surface area contributed by atoms with Crippen molar-refractivity contribution in [2.24, 2.45) is 0 Å². The highest BCUT2D eigenvalue weighted by Gasteiger charge is 2.15. The molecule has 0 heterocycles. The van der Waals surface area contributed by atoms with Crippen molar-refractivity contribution in [3.8, 4) is 5.75 Å². The summed E-state index contributed by atoms with van der Waals surface area (Å²) in [6.45, 7) is 4.85. The Labute approximate surface area is 94.5 Å². The smallest absolute Gasteiger partial charge is 0.125 e. The maximum atomic E-state index is 13.0. The second-order valence-electron chi connectivity index (χ2n) is 3.92. The van der Waals surface area contributed by atoms with Crippen LogP contribution in [0.4, 0.5) is 4.39 Å². The number of hydrogen-bond donors (Lipinski definition) is 2. The van der Waals surface area contributed by atoms with Gasteiger partial charge < -0.3 is 14.9 Å². The van der Waals surface area contributed by atoms with Crippen LogP contribution in [-0.4, -0.2) is 22.4 Å². The summed E-state index contributed by atoms with van der Waals surface area (Å²) in [6, 6.07) is 3.95. The molecule has 0 aliphatic heterocycles. The molecule has 3 nitrogen and oxygen atoms in total. The fraction of sp³-hybridized carbons (Fsp3) is 0.500. The highest BCUT2D eigenvalue weighted by molar-refractivity contribution is 5.35. The van der Waals surface area contributed by atoms with Crippen molar-refractivity contribution in [3.63, 3.8) is 0 Å². The first-order valence-electron chi connectivity index (χ1n) is 5.24. The van der Waals surface area contributed by atoms with Crippen LogP contribution in [0.3, 0.4) is 0 Å². The van der Waals surface area contributed by atoms with E-state index in [-0.39, 0.29) is 0 Å². The first-order valence-corrected chi connectivity index (χ1v) is 5.24. The summed E-state index contributed by atoms with van der Waals surface area (Å²) in [4.78, 5) is 0. The first-order chi connectivity index (χ1) is 7.41. The lowest BCUT2D eigenvalue weighted by molar-refractivity contribution is 0.0577. The molecule has 1 aromatic rings. The van der Waals surface area contributed by atoms with Gasteiger partial charge >= 0.3 is 0 Å². The van der Waals surface area contributed by atoms with E-state index < -0.39 is 24.1 Å². The lowest BCUT2D eigenvalue weighted by Crippen LogP contribution is -2.26. The standard InChI is InChI=1S/C12H17FO3/c1-7(14)9(3)16-12-5-4-10(13)6-11(12)8(2)15/h4-9,14-15H,1-3H3/t7?,8-,9?/m0/s1. The third-order valence-corrected chi connectivity index (χ3v) is 2.41. The number of hydrogen-bond acceptors (Lipinski definition) is 3. The SMILES string of the molecule is CC(O)C(C)Oc1ccc(F)cc1[C@H](C)O. The zero-order valence-corrected chi connectivity index (χ0v) is 9.64. The molecule has 4 heteroatoms. The van der Waals surface area contributed by atoms with Gasteiger partial charge in [0.25, 0.3) is 0 Å². The lowest BCUT2D eigenvalue weighted by Gasteiger charge is -2.20. The summed E-state index contributed by atoms with van der Waals surface area (Å²) >= 11 is 0. The third kappa shape index (κ3) is 3.18. The van der Waals surface area contributed by atoms with Gasteiger partial charge in [-0.3, -0.25) is 0 Å². The Morgan fingerprint density at radius 2 is 1.81 bits per heavy atom. The molecular formula is C12H17FO3. The van der Waals surface area contributed by atoms with Crippen LogP contribution >= 0.6 is 0 Å². The first kappa shape index (κ1) is 12.9. The van der Waals surface area contributed by atoms with Crippen LogP contribution in [0, 0.1) is 5.82 Å². The molecule has 0 aromatic heterocycles. The van der Waals surface area contributed by atoms with Gasteiger partial charge in [-0.15, -0.1) is 0 Å². The van der Waals surface area contributed by atoms with Crippen molar-refractivity contribution in [1.29, 1.82) is 0 Å². The summed E-state index contributed by atoms with van der Waals surface area (Å²) in [5, 5.41) is 18.8. The second kappa shape index (κ2) is 5.27. The van der Waals surface area contributed by atoms with Crippen LogP contribution in [0.1, 0.15) is 32.4 Å². The Bertz CT molecular complexity index is 350. The molecule has 0 aliphatic rings. The second-order valence-corrected chi connectivity index (χ2v) is 3.92. The Balaban J connectivity index is 2.95. The van der Waals surface area contributed by atoms with Crippen molar-refractivity contribution in [2.75, 3.05) is 0 Å². The van der Waals surface area contributed by atoms with Gasteiger partial charge in [0.1, 0.15) is 17.7 Å². The average molecular weight is 228 g/mol. The van der Waals surface area contributed by atoms with Gasteiger partial charge in [-0.1, -0.05) is 0 Å². The molecule has 90 valence electrons. The van der Waals surface area contributed by atoms with Gasteiger partial charge in [0.15, 0.2) is 0 Å². The Hall–Kier alpha value is -1.13. The number of benzene rings is 1. The number of halogens is 1. The van der Waals surface area contributed by atoms with Gasteiger partial charge in [0.05, 0.1) is 12.2 Å². The molecule has 0 amide bonds. The van der Waals surface area contributed by atoms with Crippen molar-refractivity contribution in [2.45, 2.75) is 39.1 Å². The van der Waals surface area contributed by atoms with E-state index in [1.807, 2.05) is 0 Å². The van der Waals surface area contributed by atoms with Gasteiger partial charge in [0, 0.05) is 5.56 Å². The molecule has 0 saturated heterocycles. The molecule has 1 aromatic carbocycles. The molecule has 0 radical (unpaired) electrons. The van der Waals surface area contributed by atoms with Gasteiger partial charge in [-0.05, 0) is 39.0 Å². The molecule has 0 bridgehead atoms. The van der Waals surface area contributed by atoms with Crippen LogP contribution in [0.15, 0.2) is 18.2 Å². The van der Waals surface area contributed by atoms with Crippen LogP contribution in [0.25, 0.3) is 0 Å². The van der Waals surface area contributed by atoms with Crippen LogP contribution < -0.4 is 4.74 Å². The number of aliphatic hydroxyl groups excluding tert-OH is 2. The number of ether oxygens (including phenoxy) is 1. The zero-order valence-electron chi connectivity index (χ0n) is 9.64. The van der Waals surface area contributed by atoms with Crippen molar-refractivity contribution in [3.05, 3.63) is 29.6 Å². The van der Waals surface area contributed by atoms with Crippen molar-refractivity contribution >= 4 is 0 Å². The van der Waals surface area contributed by atoms with E-state index in [9.17, 15) is 14.6 Å².